The third kappa shape index (κ3) is 4.04. The zero-order valence-corrected chi connectivity index (χ0v) is 15.8. The molecule has 0 fully saturated rings. The third-order valence-electron chi connectivity index (χ3n) is 3.45. The molecule has 116 valence electrons. The molecule has 4 nitrogen and oxygen atoms in total. The summed E-state index contributed by atoms with van der Waals surface area (Å²) >= 11 is 4.85. The number of sulfonamides is 1. The maximum atomic E-state index is 12.7. The van der Waals surface area contributed by atoms with Gasteiger partial charge in [-0.2, -0.15) is 4.31 Å². The van der Waals surface area contributed by atoms with E-state index >= 15 is 0 Å². The molecule has 0 amide bonds. The second-order valence-corrected chi connectivity index (χ2v) is 9.56. The number of nitrogens with one attached hydrogen (secondary N) is 1. The van der Waals surface area contributed by atoms with Crippen molar-refractivity contribution in [2.75, 3.05) is 13.6 Å². The minimum absolute atomic E-state index is 0.0379. The number of nitrogens with zero attached hydrogens (tertiary/aromatic N) is 1. The predicted molar refractivity (Wildman–Crippen MR) is 88.6 cm³/mol. The number of halogens is 1. The maximum Gasteiger partial charge on any atom is 0.245 e. The average Bonchev–Trinajstić information content (AvgIpc) is 2.76. The molecule has 0 radical (unpaired) electrons. The Bertz CT molecular complexity index is 541. The van der Waals surface area contributed by atoms with Crippen LogP contribution < -0.4 is 5.32 Å². The Hall–Kier alpha value is 0.0500. The molecule has 1 atom stereocenters. The quantitative estimate of drug-likeness (QED) is 0.786. The van der Waals surface area contributed by atoms with E-state index in [0.29, 0.717) is 15.2 Å². The number of thiophene rings is 1. The van der Waals surface area contributed by atoms with Gasteiger partial charge in [-0.25, -0.2) is 8.42 Å². The summed E-state index contributed by atoms with van der Waals surface area (Å²) in [6, 6.07) is 1.72. The molecule has 20 heavy (non-hydrogen) atoms. The van der Waals surface area contributed by atoms with Crippen molar-refractivity contribution in [3.63, 3.8) is 0 Å². The molecule has 0 spiro atoms. The Morgan fingerprint density at radius 1 is 1.40 bits per heavy atom. The van der Waals surface area contributed by atoms with Crippen LogP contribution in [0, 0.1) is 5.92 Å². The van der Waals surface area contributed by atoms with Crippen LogP contribution in [0.15, 0.2) is 14.7 Å². The first-order valence-electron chi connectivity index (χ1n) is 6.68. The van der Waals surface area contributed by atoms with Gasteiger partial charge in [0.05, 0.1) is 3.79 Å². The molecule has 1 N–H and O–H groups in total. The van der Waals surface area contributed by atoms with Crippen LogP contribution in [0.3, 0.4) is 0 Å². The average molecular weight is 383 g/mol. The fourth-order valence-corrected chi connectivity index (χ4v) is 5.80. The van der Waals surface area contributed by atoms with Crippen LogP contribution in [-0.4, -0.2) is 32.4 Å². The van der Waals surface area contributed by atoms with Gasteiger partial charge >= 0.3 is 0 Å². The molecule has 0 aliphatic carbocycles. The van der Waals surface area contributed by atoms with E-state index in [-0.39, 0.29) is 12.0 Å². The monoisotopic (exact) mass is 382 g/mol. The second kappa shape index (κ2) is 7.35. The molecule has 0 bridgehead atoms. The molecule has 0 aromatic carbocycles. The topological polar surface area (TPSA) is 49.4 Å². The van der Waals surface area contributed by atoms with Crippen molar-refractivity contribution in [1.82, 2.24) is 9.62 Å². The third-order valence-corrected chi connectivity index (χ3v) is 7.65. The van der Waals surface area contributed by atoms with Crippen LogP contribution in [0.2, 0.25) is 0 Å². The summed E-state index contributed by atoms with van der Waals surface area (Å²) in [5, 5.41) is 3.21. The second-order valence-electron chi connectivity index (χ2n) is 5.14. The zero-order chi connectivity index (χ0) is 15.5. The minimum Gasteiger partial charge on any atom is -0.312 e. The van der Waals surface area contributed by atoms with E-state index in [1.54, 1.807) is 13.1 Å². The lowest BCUT2D eigenvalue weighted by atomic mass is 10.1. The Morgan fingerprint density at radius 3 is 2.50 bits per heavy atom. The van der Waals surface area contributed by atoms with Crippen molar-refractivity contribution < 1.29 is 8.42 Å². The van der Waals surface area contributed by atoms with Crippen LogP contribution in [0.1, 0.15) is 32.6 Å². The standard InChI is InChI=1S/C13H23BrN2O2S2/c1-6-15-8-11-7-12(13(14)19-11)20(17,18)16(5)10(4)9(2)3/h7,9-10,15H,6,8H2,1-5H3. The van der Waals surface area contributed by atoms with Crippen molar-refractivity contribution in [2.45, 2.75) is 45.2 Å². The van der Waals surface area contributed by atoms with E-state index in [1.165, 1.54) is 15.6 Å². The summed E-state index contributed by atoms with van der Waals surface area (Å²) in [5.41, 5.74) is 0. The first-order valence-corrected chi connectivity index (χ1v) is 9.73. The van der Waals surface area contributed by atoms with E-state index in [9.17, 15) is 8.42 Å². The van der Waals surface area contributed by atoms with Crippen LogP contribution in [0.5, 0.6) is 0 Å². The summed E-state index contributed by atoms with van der Waals surface area (Å²) in [7, 11) is -1.80. The Labute approximate surface area is 134 Å². The van der Waals surface area contributed by atoms with Crippen molar-refractivity contribution in [3.8, 4) is 0 Å². The summed E-state index contributed by atoms with van der Waals surface area (Å²) in [4.78, 5) is 1.38. The van der Waals surface area contributed by atoms with E-state index in [2.05, 4.69) is 21.2 Å². The van der Waals surface area contributed by atoms with Gasteiger partial charge in [0.1, 0.15) is 4.90 Å². The van der Waals surface area contributed by atoms with E-state index < -0.39 is 10.0 Å². The van der Waals surface area contributed by atoms with Gasteiger partial charge in [0, 0.05) is 24.5 Å². The van der Waals surface area contributed by atoms with E-state index in [1.807, 2.05) is 27.7 Å². The molecule has 0 saturated carbocycles. The molecule has 1 unspecified atom stereocenters. The van der Waals surface area contributed by atoms with Gasteiger partial charge in [0.15, 0.2) is 0 Å². The number of rotatable bonds is 7. The van der Waals surface area contributed by atoms with Crippen LogP contribution >= 0.6 is 27.3 Å². The summed E-state index contributed by atoms with van der Waals surface area (Å²) in [5.74, 6) is 0.272. The molecule has 1 rings (SSSR count). The van der Waals surface area contributed by atoms with Gasteiger partial charge in [-0.05, 0) is 41.4 Å². The highest BCUT2D eigenvalue weighted by Crippen LogP contribution is 2.34. The molecular weight excluding hydrogens is 360 g/mol. The van der Waals surface area contributed by atoms with Gasteiger partial charge in [0.2, 0.25) is 10.0 Å². The fraction of sp³-hybridized carbons (Fsp3) is 0.692. The van der Waals surface area contributed by atoms with Gasteiger partial charge in [0.25, 0.3) is 0 Å². The summed E-state index contributed by atoms with van der Waals surface area (Å²) in [6.45, 7) is 9.56. The highest BCUT2D eigenvalue weighted by molar-refractivity contribution is 9.11. The smallest absolute Gasteiger partial charge is 0.245 e. The molecule has 1 heterocycles. The van der Waals surface area contributed by atoms with Gasteiger partial charge in [-0.1, -0.05) is 20.8 Å². The molecule has 0 aliphatic rings. The SMILES string of the molecule is CCNCc1cc(S(=O)(=O)N(C)C(C)C(C)C)c(Br)s1. The normalized spacial score (nSPS) is 14.2. The van der Waals surface area contributed by atoms with Crippen molar-refractivity contribution in [3.05, 3.63) is 14.7 Å². The van der Waals surface area contributed by atoms with Gasteiger partial charge in [-0.15, -0.1) is 11.3 Å². The number of hydrogen-bond acceptors (Lipinski definition) is 4. The Balaban J connectivity index is 3.06. The molecule has 1 aromatic heterocycles. The fourth-order valence-electron chi connectivity index (χ4n) is 1.70. The van der Waals surface area contributed by atoms with Gasteiger partial charge < -0.3 is 5.32 Å². The molecule has 0 saturated heterocycles. The molecule has 7 heteroatoms. The molecule has 0 aliphatic heterocycles. The van der Waals surface area contributed by atoms with E-state index in [4.69, 9.17) is 0 Å². The Kier molecular flexibility index (Phi) is 6.66. The van der Waals surface area contributed by atoms with Crippen LogP contribution in [0.25, 0.3) is 0 Å². The zero-order valence-electron chi connectivity index (χ0n) is 12.6. The van der Waals surface area contributed by atoms with Crippen molar-refractivity contribution in [2.24, 2.45) is 5.92 Å². The first kappa shape index (κ1) is 18.1. The largest absolute Gasteiger partial charge is 0.312 e. The highest BCUT2D eigenvalue weighted by Gasteiger charge is 2.30. The molecule has 1 aromatic rings. The minimum atomic E-state index is -3.45. The lowest BCUT2D eigenvalue weighted by Gasteiger charge is -2.26. The van der Waals surface area contributed by atoms with E-state index in [0.717, 1.165) is 11.4 Å². The number of hydrogen-bond donors (Lipinski definition) is 1. The predicted octanol–water partition coefficient (Wildman–Crippen LogP) is 3.29. The summed E-state index contributed by atoms with van der Waals surface area (Å²) < 4.78 is 27.5. The van der Waals surface area contributed by atoms with Crippen molar-refractivity contribution in [1.29, 1.82) is 0 Å². The van der Waals surface area contributed by atoms with Crippen molar-refractivity contribution >= 4 is 37.3 Å². The highest BCUT2D eigenvalue weighted by atomic mass is 79.9. The summed E-state index contributed by atoms with van der Waals surface area (Å²) in [6.07, 6.45) is 0. The first-order chi connectivity index (χ1) is 9.21. The van der Waals surface area contributed by atoms with Crippen LogP contribution in [0.4, 0.5) is 0 Å². The molecular formula is C13H23BrN2O2S2. The van der Waals surface area contributed by atoms with Crippen LogP contribution in [-0.2, 0) is 16.6 Å². The Morgan fingerprint density at radius 2 is 2.00 bits per heavy atom. The van der Waals surface area contributed by atoms with Gasteiger partial charge in [-0.3, -0.25) is 0 Å². The lowest BCUT2D eigenvalue weighted by Crippen LogP contribution is -2.38. The lowest BCUT2D eigenvalue weighted by molar-refractivity contribution is 0.315. The maximum absolute atomic E-state index is 12.7.